The van der Waals surface area contributed by atoms with E-state index in [0.29, 0.717) is 11.3 Å². The van der Waals surface area contributed by atoms with Crippen molar-refractivity contribution in [2.24, 2.45) is 0 Å². The van der Waals surface area contributed by atoms with Gasteiger partial charge in [0.15, 0.2) is 11.6 Å². The number of nitrogens with zero attached hydrogens (tertiary/aromatic N) is 2. The van der Waals surface area contributed by atoms with Gasteiger partial charge in [-0.05, 0) is 36.4 Å². The molecule has 1 heterocycles. The summed E-state index contributed by atoms with van der Waals surface area (Å²) in [6.45, 7) is 0. The average Bonchev–Trinajstić information content (AvgIpc) is 2.94. The van der Waals surface area contributed by atoms with Gasteiger partial charge in [0.05, 0.1) is 5.56 Å². The summed E-state index contributed by atoms with van der Waals surface area (Å²) in [6.07, 6.45) is 0. The van der Waals surface area contributed by atoms with Crippen molar-refractivity contribution in [1.29, 1.82) is 0 Å². The highest BCUT2D eigenvalue weighted by Crippen LogP contribution is 2.27. The van der Waals surface area contributed by atoms with Gasteiger partial charge in [0.2, 0.25) is 5.82 Å². The van der Waals surface area contributed by atoms with Crippen molar-refractivity contribution < 1.29 is 18.4 Å². The number of phenols is 1. The van der Waals surface area contributed by atoms with Crippen LogP contribution in [0, 0.1) is 11.6 Å². The predicted octanol–water partition coefficient (Wildman–Crippen LogP) is 2.97. The molecule has 3 N–H and O–H groups in total. The largest absolute Gasteiger partial charge is 0.505 e. The lowest BCUT2D eigenvalue weighted by Crippen LogP contribution is -1.90. The molecule has 0 atom stereocenters. The second-order valence-electron chi connectivity index (χ2n) is 4.33. The number of rotatable bonds is 2. The Labute approximate surface area is 117 Å². The number of hydrogen-bond donors (Lipinski definition) is 2. The molecule has 106 valence electrons. The highest BCUT2D eigenvalue weighted by Gasteiger charge is 2.15. The Hall–Kier alpha value is -2.96. The fourth-order valence-corrected chi connectivity index (χ4v) is 1.80. The van der Waals surface area contributed by atoms with Crippen LogP contribution in [0.1, 0.15) is 0 Å². The van der Waals surface area contributed by atoms with Crippen LogP contribution in [0.15, 0.2) is 40.9 Å². The number of benzene rings is 2. The first-order valence-electron chi connectivity index (χ1n) is 5.92. The molecule has 2 aromatic carbocycles. The van der Waals surface area contributed by atoms with E-state index in [4.69, 9.17) is 15.4 Å². The van der Waals surface area contributed by atoms with E-state index in [9.17, 15) is 8.78 Å². The number of hydrogen-bond acceptors (Lipinski definition) is 5. The van der Waals surface area contributed by atoms with E-state index >= 15 is 0 Å². The molecule has 3 aromatic rings. The minimum atomic E-state index is -0.811. The standard InChI is InChI=1S/C14H9F2N3O2/c15-10-3-2-8(17)6-9(10)14-18-13(19-21-14)7-1-4-12(20)11(16)5-7/h1-6,20H,17H2. The molecule has 0 aliphatic heterocycles. The lowest BCUT2D eigenvalue weighted by atomic mass is 10.2. The Morgan fingerprint density at radius 3 is 2.62 bits per heavy atom. The van der Waals surface area contributed by atoms with Crippen LogP contribution in [-0.4, -0.2) is 15.2 Å². The second kappa shape index (κ2) is 4.86. The van der Waals surface area contributed by atoms with E-state index in [1.807, 2.05) is 0 Å². The van der Waals surface area contributed by atoms with Gasteiger partial charge in [-0.2, -0.15) is 4.98 Å². The van der Waals surface area contributed by atoms with E-state index in [-0.39, 0.29) is 17.3 Å². The van der Waals surface area contributed by atoms with E-state index in [1.54, 1.807) is 0 Å². The van der Waals surface area contributed by atoms with Crippen LogP contribution >= 0.6 is 0 Å². The zero-order chi connectivity index (χ0) is 15.0. The third-order valence-electron chi connectivity index (χ3n) is 2.85. The Bertz CT molecular complexity index is 818. The zero-order valence-corrected chi connectivity index (χ0v) is 10.5. The predicted molar refractivity (Wildman–Crippen MR) is 71.2 cm³/mol. The molecule has 0 radical (unpaired) electrons. The number of aromatic hydroxyl groups is 1. The van der Waals surface area contributed by atoms with Gasteiger partial charge in [-0.25, -0.2) is 8.78 Å². The number of nitrogens with two attached hydrogens (primary N) is 1. The summed E-state index contributed by atoms with van der Waals surface area (Å²) in [5.74, 6) is -1.84. The molecule has 1 aromatic heterocycles. The first kappa shape index (κ1) is 13.0. The quantitative estimate of drug-likeness (QED) is 0.708. The molecule has 0 amide bonds. The smallest absolute Gasteiger partial charge is 0.261 e. The molecule has 0 unspecified atom stereocenters. The van der Waals surface area contributed by atoms with E-state index in [2.05, 4.69) is 10.1 Å². The normalized spacial score (nSPS) is 10.8. The number of halogens is 2. The number of phenolic OH excluding ortho intramolecular Hbond substituents is 1. The Balaban J connectivity index is 2.03. The minimum Gasteiger partial charge on any atom is -0.505 e. The molecule has 0 aliphatic carbocycles. The lowest BCUT2D eigenvalue weighted by Gasteiger charge is -1.98. The summed E-state index contributed by atoms with van der Waals surface area (Å²) in [4.78, 5) is 4.00. The highest BCUT2D eigenvalue weighted by molar-refractivity contribution is 5.63. The van der Waals surface area contributed by atoms with Crippen LogP contribution in [0.4, 0.5) is 14.5 Å². The van der Waals surface area contributed by atoms with E-state index < -0.39 is 17.4 Å². The van der Waals surface area contributed by atoms with Crippen LogP contribution in [0.2, 0.25) is 0 Å². The topological polar surface area (TPSA) is 85.2 Å². The average molecular weight is 289 g/mol. The lowest BCUT2D eigenvalue weighted by molar-refractivity contribution is 0.428. The first-order valence-corrected chi connectivity index (χ1v) is 5.92. The molecule has 7 heteroatoms. The molecular weight excluding hydrogens is 280 g/mol. The molecule has 0 bridgehead atoms. The Morgan fingerprint density at radius 1 is 1.05 bits per heavy atom. The Morgan fingerprint density at radius 2 is 1.86 bits per heavy atom. The maximum Gasteiger partial charge on any atom is 0.261 e. The van der Waals surface area contributed by atoms with Crippen LogP contribution in [0.5, 0.6) is 5.75 Å². The summed E-state index contributed by atoms with van der Waals surface area (Å²) in [6, 6.07) is 7.61. The molecule has 0 aliphatic rings. The van der Waals surface area contributed by atoms with E-state index in [1.165, 1.54) is 30.3 Å². The minimum absolute atomic E-state index is 0.0630. The number of aromatic nitrogens is 2. The fraction of sp³-hybridized carbons (Fsp3) is 0. The van der Waals surface area contributed by atoms with Gasteiger partial charge >= 0.3 is 0 Å². The molecule has 0 saturated heterocycles. The van der Waals surface area contributed by atoms with Crippen molar-refractivity contribution in [3.05, 3.63) is 48.0 Å². The van der Waals surface area contributed by atoms with Gasteiger partial charge in [-0.3, -0.25) is 0 Å². The fourth-order valence-electron chi connectivity index (χ4n) is 1.80. The van der Waals surface area contributed by atoms with Gasteiger partial charge in [0.25, 0.3) is 5.89 Å². The van der Waals surface area contributed by atoms with Crippen molar-refractivity contribution >= 4 is 5.69 Å². The van der Waals surface area contributed by atoms with Crippen LogP contribution in [-0.2, 0) is 0 Å². The SMILES string of the molecule is Nc1ccc(F)c(-c2nc(-c3ccc(O)c(F)c3)no2)c1. The van der Waals surface area contributed by atoms with Gasteiger partial charge in [0.1, 0.15) is 5.82 Å². The van der Waals surface area contributed by atoms with Gasteiger partial charge in [-0.1, -0.05) is 5.16 Å². The van der Waals surface area contributed by atoms with Crippen molar-refractivity contribution in [3.8, 4) is 28.6 Å². The maximum atomic E-state index is 13.7. The van der Waals surface area contributed by atoms with E-state index in [0.717, 1.165) is 6.07 Å². The van der Waals surface area contributed by atoms with Gasteiger partial charge in [-0.15, -0.1) is 0 Å². The molecule has 0 spiro atoms. The summed E-state index contributed by atoms with van der Waals surface area (Å²) in [7, 11) is 0. The summed E-state index contributed by atoms with van der Waals surface area (Å²) in [5, 5.41) is 12.8. The summed E-state index contributed by atoms with van der Waals surface area (Å²) >= 11 is 0. The van der Waals surface area contributed by atoms with Crippen molar-refractivity contribution in [1.82, 2.24) is 10.1 Å². The molecular formula is C14H9F2N3O2. The molecule has 0 saturated carbocycles. The van der Waals surface area contributed by atoms with Crippen LogP contribution in [0.25, 0.3) is 22.8 Å². The van der Waals surface area contributed by atoms with Gasteiger partial charge in [0, 0.05) is 11.3 Å². The molecule has 5 nitrogen and oxygen atoms in total. The van der Waals surface area contributed by atoms with Crippen molar-refractivity contribution in [2.45, 2.75) is 0 Å². The van der Waals surface area contributed by atoms with Crippen molar-refractivity contribution in [2.75, 3.05) is 5.73 Å². The Kier molecular flexibility index (Phi) is 3.02. The molecule has 3 rings (SSSR count). The second-order valence-corrected chi connectivity index (χ2v) is 4.33. The number of nitrogen functional groups attached to an aromatic ring is 1. The third-order valence-corrected chi connectivity index (χ3v) is 2.85. The van der Waals surface area contributed by atoms with Crippen LogP contribution < -0.4 is 5.73 Å². The summed E-state index contributed by atoms with van der Waals surface area (Å²) < 4.78 is 32.0. The monoisotopic (exact) mass is 289 g/mol. The first-order chi connectivity index (χ1) is 10.0. The summed E-state index contributed by atoms with van der Waals surface area (Å²) in [5.41, 5.74) is 6.29. The van der Waals surface area contributed by atoms with Crippen molar-refractivity contribution in [3.63, 3.8) is 0 Å². The highest BCUT2D eigenvalue weighted by atomic mass is 19.1. The zero-order valence-electron chi connectivity index (χ0n) is 10.5. The molecule has 0 fully saturated rings. The number of anilines is 1. The van der Waals surface area contributed by atoms with Gasteiger partial charge < -0.3 is 15.4 Å². The van der Waals surface area contributed by atoms with Crippen LogP contribution in [0.3, 0.4) is 0 Å². The molecule has 21 heavy (non-hydrogen) atoms. The third kappa shape index (κ3) is 2.40. The maximum absolute atomic E-state index is 13.7.